The summed E-state index contributed by atoms with van der Waals surface area (Å²) in [5, 5.41) is 6.32. The standard InChI is InChI=1S/C15H20N4/c1-12-6-3-4-7-14(12)13-10-18-15(19-11-13)17-9-5-8-16-2/h3-4,6-7,10-11,16H,5,8-9H2,1-2H3,(H,17,18,19). The largest absolute Gasteiger partial charge is 0.354 e. The number of hydrogen-bond acceptors (Lipinski definition) is 4. The van der Waals surface area contributed by atoms with E-state index in [1.54, 1.807) is 0 Å². The molecule has 1 aromatic carbocycles. The SMILES string of the molecule is CNCCCNc1ncc(-c2ccccc2C)cn1. The smallest absolute Gasteiger partial charge is 0.222 e. The van der Waals surface area contributed by atoms with Crippen LogP contribution in [0.5, 0.6) is 0 Å². The minimum Gasteiger partial charge on any atom is -0.354 e. The van der Waals surface area contributed by atoms with Gasteiger partial charge in [0.1, 0.15) is 0 Å². The van der Waals surface area contributed by atoms with E-state index < -0.39 is 0 Å². The van der Waals surface area contributed by atoms with Crippen molar-refractivity contribution in [2.75, 3.05) is 25.5 Å². The molecule has 1 aromatic heterocycles. The van der Waals surface area contributed by atoms with Crippen molar-refractivity contribution in [3.63, 3.8) is 0 Å². The maximum Gasteiger partial charge on any atom is 0.222 e. The van der Waals surface area contributed by atoms with E-state index in [1.165, 1.54) is 11.1 Å². The number of hydrogen-bond donors (Lipinski definition) is 2. The van der Waals surface area contributed by atoms with Gasteiger partial charge >= 0.3 is 0 Å². The maximum absolute atomic E-state index is 4.35. The molecule has 0 aliphatic rings. The van der Waals surface area contributed by atoms with Crippen molar-refractivity contribution in [3.8, 4) is 11.1 Å². The molecule has 4 heteroatoms. The van der Waals surface area contributed by atoms with Crippen molar-refractivity contribution in [1.82, 2.24) is 15.3 Å². The third-order valence-electron chi connectivity index (χ3n) is 2.99. The fourth-order valence-corrected chi connectivity index (χ4v) is 1.92. The molecule has 0 saturated carbocycles. The first-order valence-corrected chi connectivity index (χ1v) is 6.58. The van der Waals surface area contributed by atoms with E-state index >= 15 is 0 Å². The third-order valence-corrected chi connectivity index (χ3v) is 2.99. The quantitative estimate of drug-likeness (QED) is 0.780. The molecule has 19 heavy (non-hydrogen) atoms. The summed E-state index contributed by atoms with van der Waals surface area (Å²) < 4.78 is 0. The Hall–Kier alpha value is -1.94. The summed E-state index contributed by atoms with van der Waals surface area (Å²) in [4.78, 5) is 8.70. The van der Waals surface area contributed by atoms with Crippen LogP contribution in [0, 0.1) is 6.92 Å². The molecule has 0 amide bonds. The molecule has 0 atom stereocenters. The fourth-order valence-electron chi connectivity index (χ4n) is 1.92. The summed E-state index contributed by atoms with van der Waals surface area (Å²) >= 11 is 0. The number of aryl methyl sites for hydroxylation is 1. The van der Waals surface area contributed by atoms with Crippen molar-refractivity contribution in [2.24, 2.45) is 0 Å². The molecule has 2 rings (SSSR count). The molecular formula is C15H20N4. The summed E-state index contributed by atoms with van der Waals surface area (Å²) in [7, 11) is 1.95. The summed E-state index contributed by atoms with van der Waals surface area (Å²) in [6, 6.07) is 8.26. The molecule has 0 fully saturated rings. The number of nitrogens with one attached hydrogen (secondary N) is 2. The molecule has 0 unspecified atom stereocenters. The van der Waals surface area contributed by atoms with Gasteiger partial charge in [0.2, 0.25) is 5.95 Å². The molecule has 0 aliphatic heterocycles. The zero-order valence-electron chi connectivity index (χ0n) is 11.5. The lowest BCUT2D eigenvalue weighted by Gasteiger charge is -2.07. The van der Waals surface area contributed by atoms with Gasteiger partial charge in [-0.2, -0.15) is 0 Å². The van der Waals surface area contributed by atoms with Gasteiger partial charge in [-0.1, -0.05) is 24.3 Å². The van der Waals surface area contributed by atoms with E-state index in [-0.39, 0.29) is 0 Å². The highest BCUT2D eigenvalue weighted by atomic mass is 15.1. The molecule has 0 radical (unpaired) electrons. The van der Waals surface area contributed by atoms with Crippen molar-refractivity contribution in [1.29, 1.82) is 0 Å². The molecule has 0 aliphatic carbocycles. The van der Waals surface area contributed by atoms with Gasteiger partial charge in [0.05, 0.1) is 0 Å². The predicted octanol–water partition coefficient (Wildman–Crippen LogP) is 2.47. The molecule has 0 saturated heterocycles. The van der Waals surface area contributed by atoms with Crippen LogP contribution in [0.1, 0.15) is 12.0 Å². The molecule has 2 aromatic rings. The average molecular weight is 256 g/mol. The van der Waals surface area contributed by atoms with Crippen LogP contribution >= 0.6 is 0 Å². The molecule has 4 nitrogen and oxygen atoms in total. The summed E-state index contributed by atoms with van der Waals surface area (Å²) in [5.74, 6) is 0.688. The van der Waals surface area contributed by atoms with Crippen molar-refractivity contribution in [2.45, 2.75) is 13.3 Å². The second-order valence-electron chi connectivity index (χ2n) is 4.49. The second-order valence-corrected chi connectivity index (χ2v) is 4.49. The summed E-state index contributed by atoms with van der Waals surface area (Å²) in [6.45, 7) is 3.97. The Morgan fingerprint density at radius 3 is 2.47 bits per heavy atom. The van der Waals surface area contributed by atoms with Crippen molar-refractivity contribution >= 4 is 5.95 Å². The monoisotopic (exact) mass is 256 g/mol. The summed E-state index contributed by atoms with van der Waals surface area (Å²) in [6.07, 6.45) is 4.80. The molecule has 100 valence electrons. The number of rotatable bonds is 6. The van der Waals surface area contributed by atoms with Crippen LogP contribution in [0.2, 0.25) is 0 Å². The van der Waals surface area contributed by atoms with Crippen LogP contribution in [0.4, 0.5) is 5.95 Å². The Kier molecular flexibility index (Phi) is 4.86. The van der Waals surface area contributed by atoms with Crippen LogP contribution in [0.15, 0.2) is 36.7 Å². The van der Waals surface area contributed by atoms with Crippen LogP contribution in [-0.2, 0) is 0 Å². The minimum atomic E-state index is 0.688. The molecular weight excluding hydrogens is 236 g/mol. The Labute approximate surface area is 114 Å². The van der Waals surface area contributed by atoms with Gasteiger partial charge in [0.25, 0.3) is 0 Å². The first-order valence-electron chi connectivity index (χ1n) is 6.58. The summed E-state index contributed by atoms with van der Waals surface area (Å²) in [5.41, 5.74) is 3.48. The lowest BCUT2D eigenvalue weighted by molar-refractivity contribution is 0.745. The molecule has 0 bridgehead atoms. The first kappa shape index (κ1) is 13.5. The highest BCUT2D eigenvalue weighted by Gasteiger charge is 2.02. The lowest BCUT2D eigenvalue weighted by atomic mass is 10.0. The van der Waals surface area contributed by atoms with E-state index in [9.17, 15) is 0 Å². The van der Waals surface area contributed by atoms with E-state index in [0.29, 0.717) is 5.95 Å². The molecule has 1 heterocycles. The topological polar surface area (TPSA) is 49.8 Å². The number of nitrogens with zero attached hydrogens (tertiary/aromatic N) is 2. The number of aromatic nitrogens is 2. The fraction of sp³-hybridized carbons (Fsp3) is 0.333. The Morgan fingerprint density at radius 1 is 1.05 bits per heavy atom. The zero-order valence-corrected chi connectivity index (χ0v) is 11.5. The van der Waals surface area contributed by atoms with Crippen molar-refractivity contribution in [3.05, 3.63) is 42.2 Å². The van der Waals surface area contributed by atoms with Gasteiger partial charge in [0.15, 0.2) is 0 Å². The predicted molar refractivity (Wildman–Crippen MR) is 79.2 cm³/mol. The number of benzene rings is 1. The second kappa shape index (κ2) is 6.85. The molecule has 0 spiro atoms. The van der Waals surface area contributed by atoms with Crippen LogP contribution in [-0.4, -0.2) is 30.1 Å². The average Bonchev–Trinajstić information content (AvgIpc) is 2.45. The number of anilines is 1. The highest BCUT2D eigenvalue weighted by molar-refractivity contribution is 5.65. The Balaban J connectivity index is 2.01. The highest BCUT2D eigenvalue weighted by Crippen LogP contribution is 2.21. The Bertz CT molecular complexity index is 508. The normalized spacial score (nSPS) is 10.4. The lowest BCUT2D eigenvalue weighted by Crippen LogP contribution is -2.13. The third kappa shape index (κ3) is 3.76. The van der Waals surface area contributed by atoms with Crippen LogP contribution < -0.4 is 10.6 Å². The van der Waals surface area contributed by atoms with Crippen LogP contribution in [0.25, 0.3) is 11.1 Å². The van der Waals surface area contributed by atoms with Crippen LogP contribution in [0.3, 0.4) is 0 Å². The van der Waals surface area contributed by atoms with Gasteiger partial charge in [0, 0.05) is 24.5 Å². The van der Waals surface area contributed by atoms with E-state index in [0.717, 1.165) is 25.1 Å². The van der Waals surface area contributed by atoms with Gasteiger partial charge in [-0.3, -0.25) is 0 Å². The van der Waals surface area contributed by atoms with E-state index in [4.69, 9.17) is 0 Å². The van der Waals surface area contributed by atoms with E-state index in [2.05, 4.69) is 39.7 Å². The van der Waals surface area contributed by atoms with E-state index in [1.807, 2.05) is 31.6 Å². The van der Waals surface area contributed by atoms with Crippen molar-refractivity contribution < 1.29 is 0 Å². The molecule has 2 N–H and O–H groups in total. The maximum atomic E-state index is 4.35. The minimum absolute atomic E-state index is 0.688. The zero-order chi connectivity index (χ0) is 13.5. The van der Waals surface area contributed by atoms with Gasteiger partial charge in [-0.05, 0) is 38.1 Å². The van der Waals surface area contributed by atoms with Gasteiger partial charge < -0.3 is 10.6 Å². The van der Waals surface area contributed by atoms with Gasteiger partial charge in [-0.15, -0.1) is 0 Å². The Morgan fingerprint density at radius 2 is 1.79 bits per heavy atom. The van der Waals surface area contributed by atoms with Gasteiger partial charge in [-0.25, -0.2) is 9.97 Å². The first-order chi connectivity index (χ1) is 9.31.